The van der Waals surface area contributed by atoms with Gasteiger partial charge in [0, 0.05) is 25.7 Å². The van der Waals surface area contributed by atoms with Crippen molar-refractivity contribution in [3.8, 4) is 0 Å². The number of carbonyl (C=O) groups excluding carboxylic acids is 1. The van der Waals surface area contributed by atoms with Crippen molar-refractivity contribution in [2.75, 3.05) is 24.5 Å². The van der Waals surface area contributed by atoms with E-state index in [4.69, 9.17) is 4.98 Å². The monoisotopic (exact) mass is 385 g/mol. The molecule has 3 heterocycles. The Kier molecular flexibility index (Phi) is 4.36. The van der Waals surface area contributed by atoms with Crippen LogP contribution in [0.15, 0.2) is 24.3 Å². The van der Waals surface area contributed by atoms with Gasteiger partial charge in [0.15, 0.2) is 5.13 Å². The number of anilines is 1. The molecule has 0 bridgehead atoms. The summed E-state index contributed by atoms with van der Waals surface area (Å²) >= 11 is 1.74. The van der Waals surface area contributed by atoms with E-state index < -0.39 is 0 Å². The molecule has 1 saturated carbocycles. The van der Waals surface area contributed by atoms with Gasteiger partial charge in [-0.2, -0.15) is 0 Å². The van der Waals surface area contributed by atoms with E-state index in [0.29, 0.717) is 11.9 Å². The van der Waals surface area contributed by atoms with Gasteiger partial charge in [-0.1, -0.05) is 23.5 Å². The number of hydrogen-bond donors (Lipinski definition) is 1. The van der Waals surface area contributed by atoms with Gasteiger partial charge in [0.25, 0.3) is 0 Å². The normalized spacial score (nSPS) is 32.0. The predicted molar refractivity (Wildman–Crippen MR) is 108 cm³/mol. The van der Waals surface area contributed by atoms with Gasteiger partial charge in [0.1, 0.15) is 0 Å². The van der Waals surface area contributed by atoms with Crippen LogP contribution in [-0.4, -0.2) is 52.7 Å². The van der Waals surface area contributed by atoms with Crippen LogP contribution in [0.5, 0.6) is 0 Å². The van der Waals surface area contributed by atoms with Gasteiger partial charge >= 0.3 is 0 Å². The number of hydrogen-bond acceptors (Lipinski definition) is 5. The molecule has 0 unspecified atom stereocenters. The molecule has 0 radical (unpaired) electrons. The number of rotatable bonds is 2. The standard InChI is InChI=1S/C21H27N3O2S/c25-16-8-6-15(7-9-16)24-13-11-21(19(24)26)10-3-12-23(14-21)20-22-17-4-1-2-5-18(17)27-20/h1-2,4-5,15-16,25H,3,6-14H2/t15-,16-,21-/m1/s1. The van der Waals surface area contributed by atoms with Crippen LogP contribution in [-0.2, 0) is 4.79 Å². The third kappa shape index (κ3) is 3.03. The Balaban J connectivity index is 1.35. The van der Waals surface area contributed by atoms with Gasteiger partial charge in [-0.15, -0.1) is 0 Å². The number of likely N-dealkylation sites (tertiary alicyclic amines) is 1. The number of aliphatic hydroxyl groups is 1. The lowest BCUT2D eigenvalue weighted by molar-refractivity contribution is -0.139. The molecule has 6 heteroatoms. The first-order valence-corrected chi connectivity index (χ1v) is 11.1. The maximum Gasteiger partial charge on any atom is 0.230 e. The first-order chi connectivity index (χ1) is 13.1. The van der Waals surface area contributed by atoms with E-state index in [1.807, 2.05) is 6.07 Å². The first-order valence-electron chi connectivity index (χ1n) is 10.2. The average molecular weight is 386 g/mol. The Morgan fingerprint density at radius 1 is 1.11 bits per heavy atom. The van der Waals surface area contributed by atoms with Gasteiger partial charge < -0.3 is 14.9 Å². The minimum Gasteiger partial charge on any atom is -0.393 e. The molecule has 1 aromatic heterocycles. The maximum absolute atomic E-state index is 13.4. The fourth-order valence-electron chi connectivity index (χ4n) is 5.23. The van der Waals surface area contributed by atoms with Crippen LogP contribution in [0, 0.1) is 5.41 Å². The summed E-state index contributed by atoms with van der Waals surface area (Å²) in [6.07, 6.45) is 6.41. The molecule has 1 atom stereocenters. The third-order valence-corrected chi connectivity index (χ3v) is 7.88. The van der Waals surface area contributed by atoms with Crippen LogP contribution in [0.2, 0.25) is 0 Å². The fourth-order valence-corrected chi connectivity index (χ4v) is 6.23. The Labute approximate surface area is 164 Å². The second-order valence-corrected chi connectivity index (χ2v) is 9.49. The van der Waals surface area contributed by atoms with E-state index in [1.165, 1.54) is 4.70 Å². The summed E-state index contributed by atoms with van der Waals surface area (Å²) in [7, 11) is 0. The molecule has 1 aliphatic carbocycles. The highest BCUT2D eigenvalue weighted by Gasteiger charge is 2.50. The Morgan fingerprint density at radius 2 is 1.93 bits per heavy atom. The summed E-state index contributed by atoms with van der Waals surface area (Å²) in [5.74, 6) is 0.356. The number of benzene rings is 1. The minimum absolute atomic E-state index is 0.169. The number of fused-ring (bicyclic) bond motifs is 1. The molecule has 1 amide bonds. The van der Waals surface area contributed by atoms with Crippen LogP contribution in [0.3, 0.4) is 0 Å². The number of carbonyl (C=O) groups is 1. The summed E-state index contributed by atoms with van der Waals surface area (Å²) in [4.78, 5) is 22.8. The number of thiazole rings is 1. The van der Waals surface area contributed by atoms with Crippen LogP contribution >= 0.6 is 11.3 Å². The fraction of sp³-hybridized carbons (Fsp3) is 0.619. The van der Waals surface area contributed by atoms with Crippen LogP contribution in [0.4, 0.5) is 5.13 Å². The van der Waals surface area contributed by atoms with Gasteiger partial charge in [0.05, 0.1) is 21.7 Å². The zero-order valence-corrected chi connectivity index (χ0v) is 16.5. The molecule has 3 fully saturated rings. The molecule has 27 heavy (non-hydrogen) atoms. The quantitative estimate of drug-likeness (QED) is 0.861. The van der Waals surface area contributed by atoms with E-state index in [2.05, 4.69) is 28.0 Å². The zero-order valence-electron chi connectivity index (χ0n) is 15.6. The molecule has 2 aliphatic heterocycles. The van der Waals surface area contributed by atoms with Crippen molar-refractivity contribution in [1.82, 2.24) is 9.88 Å². The summed E-state index contributed by atoms with van der Waals surface area (Å²) in [5, 5.41) is 10.8. The van der Waals surface area contributed by atoms with Gasteiger partial charge in [0.2, 0.25) is 5.91 Å². The second-order valence-electron chi connectivity index (χ2n) is 8.48. The second kappa shape index (κ2) is 6.74. The molecule has 2 saturated heterocycles. The molecule has 5 nitrogen and oxygen atoms in total. The van der Waals surface area contributed by atoms with Gasteiger partial charge in [-0.3, -0.25) is 4.79 Å². The van der Waals surface area contributed by atoms with Crippen molar-refractivity contribution in [1.29, 1.82) is 0 Å². The lowest BCUT2D eigenvalue weighted by atomic mass is 9.78. The molecule has 5 rings (SSSR count). The Hall–Kier alpha value is -1.66. The largest absolute Gasteiger partial charge is 0.393 e. The number of aliphatic hydroxyl groups excluding tert-OH is 1. The number of aromatic nitrogens is 1. The predicted octanol–water partition coefficient (Wildman–Crippen LogP) is 3.42. The lowest BCUT2D eigenvalue weighted by Crippen LogP contribution is -2.50. The molecular weight excluding hydrogens is 358 g/mol. The topological polar surface area (TPSA) is 56.7 Å². The maximum atomic E-state index is 13.4. The highest BCUT2D eigenvalue weighted by Crippen LogP contribution is 2.44. The lowest BCUT2D eigenvalue weighted by Gasteiger charge is -2.40. The van der Waals surface area contributed by atoms with Crippen molar-refractivity contribution in [3.05, 3.63) is 24.3 Å². The van der Waals surface area contributed by atoms with E-state index >= 15 is 0 Å². The van der Waals surface area contributed by atoms with E-state index in [0.717, 1.165) is 75.2 Å². The molecular formula is C21H27N3O2S. The smallest absolute Gasteiger partial charge is 0.230 e. The third-order valence-electron chi connectivity index (χ3n) is 6.78. The number of amides is 1. The van der Waals surface area contributed by atoms with Crippen molar-refractivity contribution >= 4 is 32.6 Å². The number of piperidine rings is 1. The zero-order chi connectivity index (χ0) is 18.4. The summed E-state index contributed by atoms with van der Waals surface area (Å²) in [5.41, 5.74) is 0.823. The molecule has 1 N–H and O–H groups in total. The number of nitrogens with zero attached hydrogens (tertiary/aromatic N) is 3. The molecule has 1 spiro atoms. The van der Waals surface area contributed by atoms with Crippen molar-refractivity contribution in [2.45, 2.75) is 57.1 Å². The highest BCUT2D eigenvalue weighted by atomic mass is 32.1. The summed E-state index contributed by atoms with van der Waals surface area (Å²) < 4.78 is 1.22. The number of para-hydroxylation sites is 1. The molecule has 1 aromatic carbocycles. The van der Waals surface area contributed by atoms with Crippen molar-refractivity contribution in [2.24, 2.45) is 5.41 Å². The van der Waals surface area contributed by atoms with Gasteiger partial charge in [-0.05, 0) is 57.1 Å². The van der Waals surface area contributed by atoms with Crippen LogP contribution < -0.4 is 4.90 Å². The molecule has 2 aromatic rings. The average Bonchev–Trinajstić information content (AvgIpc) is 3.25. The molecule has 144 valence electrons. The SMILES string of the molecule is O=C1N([C@H]2CC[C@H](O)CC2)CC[C@@]12CCCN(c1nc3ccccc3s1)C2. The summed E-state index contributed by atoms with van der Waals surface area (Å²) in [6.45, 7) is 2.68. The summed E-state index contributed by atoms with van der Waals surface area (Å²) in [6, 6.07) is 8.61. The van der Waals surface area contributed by atoms with Crippen molar-refractivity contribution in [3.63, 3.8) is 0 Å². The minimum atomic E-state index is -0.230. The Bertz CT molecular complexity index is 812. The van der Waals surface area contributed by atoms with Gasteiger partial charge in [-0.25, -0.2) is 4.98 Å². The Morgan fingerprint density at radius 3 is 2.74 bits per heavy atom. The van der Waals surface area contributed by atoms with Crippen LogP contribution in [0.1, 0.15) is 44.9 Å². The molecule has 3 aliphatic rings. The van der Waals surface area contributed by atoms with Crippen LogP contribution in [0.25, 0.3) is 10.2 Å². The van der Waals surface area contributed by atoms with E-state index in [-0.39, 0.29) is 11.5 Å². The first kappa shape index (κ1) is 17.4. The highest BCUT2D eigenvalue weighted by molar-refractivity contribution is 7.22. The van der Waals surface area contributed by atoms with E-state index in [1.54, 1.807) is 11.3 Å². The van der Waals surface area contributed by atoms with E-state index in [9.17, 15) is 9.90 Å². The van der Waals surface area contributed by atoms with Crippen molar-refractivity contribution < 1.29 is 9.90 Å².